The van der Waals surface area contributed by atoms with Crippen molar-refractivity contribution in [3.63, 3.8) is 0 Å². The summed E-state index contributed by atoms with van der Waals surface area (Å²) in [5, 5.41) is 3.34. The Kier molecular flexibility index (Phi) is 7.75. The number of benzene rings is 1. The van der Waals surface area contributed by atoms with Crippen LogP contribution in [0.4, 0.5) is 0 Å². The number of ether oxygens (including phenoxy) is 2. The summed E-state index contributed by atoms with van der Waals surface area (Å²) in [4.78, 5) is 18.9. The molecule has 26 heavy (non-hydrogen) atoms. The summed E-state index contributed by atoms with van der Waals surface area (Å²) < 4.78 is 10.6. The largest absolute Gasteiger partial charge is 0.494 e. The molecule has 1 aliphatic rings. The summed E-state index contributed by atoms with van der Waals surface area (Å²) in [5.41, 5.74) is 1.16. The number of carbonyl (C=O) groups excluding carboxylic acids is 1. The van der Waals surface area contributed by atoms with E-state index >= 15 is 0 Å². The molecule has 0 spiro atoms. The van der Waals surface area contributed by atoms with Gasteiger partial charge in [0, 0.05) is 26.2 Å². The van der Waals surface area contributed by atoms with E-state index in [9.17, 15) is 4.79 Å². The molecule has 0 radical (unpaired) electrons. The van der Waals surface area contributed by atoms with Gasteiger partial charge in [-0.05, 0) is 37.8 Å². The van der Waals surface area contributed by atoms with E-state index in [0.717, 1.165) is 36.8 Å². The third-order valence-corrected chi connectivity index (χ3v) is 4.67. The van der Waals surface area contributed by atoms with Crippen LogP contribution in [0.25, 0.3) is 0 Å². The van der Waals surface area contributed by atoms with Crippen LogP contribution in [0.1, 0.15) is 26.3 Å². The summed E-state index contributed by atoms with van der Waals surface area (Å²) in [6.07, 6.45) is 0.814. The van der Waals surface area contributed by atoms with Crippen LogP contribution in [0.3, 0.4) is 0 Å². The fourth-order valence-electron chi connectivity index (χ4n) is 3.31. The van der Waals surface area contributed by atoms with E-state index in [1.165, 1.54) is 7.11 Å². The van der Waals surface area contributed by atoms with E-state index in [0.29, 0.717) is 19.7 Å². The van der Waals surface area contributed by atoms with Crippen molar-refractivity contribution in [2.75, 3.05) is 39.9 Å². The van der Waals surface area contributed by atoms with Crippen molar-refractivity contribution < 1.29 is 14.3 Å². The maximum Gasteiger partial charge on any atom is 0.310 e. The molecule has 0 saturated carbocycles. The highest BCUT2D eigenvalue weighted by Gasteiger charge is 2.36. The van der Waals surface area contributed by atoms with Gasteiger partial charge < -0.3 is 19.7 Å². The fraction of sp³-hybridized carbons (Fsp3) is 0.600. The summed E-state index contributed by atoms with van der Waals surface area (Å²) in [6, 6.07) is 8.09. The number of methoxy groups -OCH3 is 1. The van der Waals surface area contributed by atoms with E-state index in [-0.39, 0.29) is 17.8 Å². The van der Waals surface area contributed by atoms with Crippen molar-refractivity contribution in [2.24, 2.45) is 16.8 Å². The number of nitrogens with one attached hydrogen (secondary N) is 1. The molecule has 2 atom stereocenters. The Morgan fingerprint density at radius 3 is 2.77 bits per heavy atom. The van der Waals surface area contributed by atoms with Gasteiger partial charge in [-0.1, -0.05) is 25.1 Å². The van der Waals surface area contributed by atoms with Crippen molar-refractivity contribution in [3.8, 4) is 5.75 Å². The lowest BCUT2D eigenvalue weighted by Gasteiger charge is -2.21. The minimum atomic E-state index is -0.138. The second kappa shape index (κ2) is 10.0. The second-order valence-electron chi connectivity index (χ2n) is 6.54. The van der Waals surface area contributed by atoms with Crippen LogP contribution in [0.5, 0.6) is 5.75 Å². The number of rotatable bonds is 7. The first-order chi connectivity index (χ1) is 12.6. The maximum atomic E-state index is 11.9. The molecule has 6 nitrogen and oxygen atoms in total. The van der Waals surface area contributed by atoms with Crippen LogP contribution in [-0.4, -0.2) is 56.7 Å². The number of nitrogens with zero attached hydrogens (tertiary/aromatic N) is 2. The molecule has 1 aromatic carbocycles. The molecule has 1 aliphatic heterocycles. The highest BCUT2D eigenvalue weighted by atomic mass is 16.5. The first-order valence-corrected chi connectivity index (χ1v) is 9.42. The van der Waals surface area contributed by atoms with Gasteiger partial charge in [-0.25, -0.2) is 0 Å². The molecule has 1 fully saturated rings. The Labute approximate surface area is 156 Å². The standard InChI is InChI=1S/C20H31N3O3/c1-5-21-20(23-13-15(3)17(14-23)19(24)25-4)22-12-11-16-9-7-8-10-18(16)26-6-2/h7-10,15,17H,5-6,11-14H2,1-4H3,(H,21,22). The monoisotopic (exact) mass is 361 g/mol. The molecule has 6 heteroatoms. The van der Waals surface area contributed by atoms with Gasteiger partial charge in [-0.3, -0.25) is 9.79 Å². The molecule has 0 amide bonds. The number of para-hydroxylation sites is 1. The minimum Gasteiger partial charge on any atom is -0.494 e. The van der Waals surface area contributed by atoms with Crippen LogP contribution in [0, 0.1) is 11.8 Å². The maximum absolute atomic E-state index is 11.9. The Morgan fingerprint density at radius 2 is 2.08 bits per heavy atom. The highest BCUT2D eigenvalue weighted by Crippen LogP contribution is 2.24. The molecule has 2 unspecified atom stereocenters. The Hall–Kier alpha value is -2.24. The van der Waals surface area contributed by atoms with Gasteiger partial charge in [0.25, 0.3) is 0 Å². The Morgan fingerprint density at radius 1 is 1.31 bits per heavy atom. The summed E-state index contributed by atoms with van der Waals surface area (Å²) >= 11 is 0. The SMILES string of the molecule is CCNC(=NCCc1ccccc1OCC)N1CC(C)C(C(=O)OC)C1. The minimum absolute atomic E-state index is 0.0949. The molecule has 1 aromatic rings. The first-order valence-electron chi connectivity index (χ1n) is 9.42. The Balaban J connectivity index is 2.02. The smallest absolute Gasteiger partial charge is 0.310 e. The number of guanidine groups is 1. The van der Waals surface area contributed by atoms with Gasteiger partial charge in [-0.15, -0.1) is 0 Å². The molecule has 0 aliphatic carbocycles. The molecule has 1 heterocycles. The van der Waals surface area contributed by atoms with E-state index in [1.807, 2.05) is 25.1 Å². The van der Waals surface area contributed by atoms with Crippen molar-refractivity contribution in [1.82, 2.24) is 10.2 Å². The van der Waals surface area contributed by atoms with Crippen LogP contribution < -0.4 is 10.1 Å². The molecular weight excluding hydrogens is 330 g/mol. The molecule has 2 rings (SSSR count). The van der Waals surface area contributed by atoms with Gasteiger partial charge in [0.2, 0.25) is 0 Å². The van der Waals surface area contributed by atoms with Crippen LogP contribution in [-0.2, 0) is 16.0 Å². The van der Waals surface area contributed by atoms with Gasteiger partial charge in [0.1, 0.15) is 5.75 Å². The van der Waals surface area contributed by atoms with Crippen molar-refractivity contribution in [3.05, 3.63) is 29.8 Å². The van der Waals surface area contributed by atoms with Crippen molar-refractivity contribution >= 4 is 11.9 Å². The lowest BCUT2D eigenvalue weighted by atomic mass is 9.99. The Bertz CT molecular complexity index is 618. The lowest BCUT2D eigenvalue weighted by molar-refractivity contribution is -0.145. The number of hydrogen-bond acceptors (Lipinski definition) is 4. The zero-order chi connectivity index (χ0) is 18.9. The van der Waals surface area contributed by atoms with E-state index in [4.69, 9.17) is 14.5 Å². The number of aliphatic imine (C=N–C) groups is 1. The quantitative estimate of drug-likeness (QED) is 0.459. The lowest BCUT2D eigenvalue weighted by Crippen LogP contribution is -2.40. The third kappa shape index (κ3) is 5.13. The molecule has 1 N–H and O–H groups in total. The van der Waals surface area contributed by atoms with Crippen molar-refractivity contribution in [1.29, 1.82) is 0 Å². The fourth-order valence-corrected chi connectivity index (χ4v) is 3.31. The average molecular weight is 361 g/mol. The molecule has 1 saturated heterocycles. The predicted molar refractivity (Wildman–Crippen MR) is 104 cm³/mol. The predicted octanol–water partition coefficient (Wildman–Crippen LogP) is 2.33. The van der Waals surface area contributed by atoms with E-state index < -0.39 is 0 Å². The normalized spacial score (nSPS) is 20.2. The summed E-state index contributed by atoms with van der Waals surface area (Å²) in [7, 11) is 1.45. The zero-order valence-electron chi connectivity index (χ0n) is 16.3. The number of esters is 1. The molecule has 0 bridgehead atoms. The number of carbonyl (C=O) groups is 1. The topological polar surface area (TPSA) is 63.2 Å². The summed E-state index contributed by atoms with van der Waals surface area (Å²) in [5.74, 6) is 1.81. The summed E-state index contributed by atoms with van der Waals surface area (Å²) in [6.45, 7) is 9.70. The van der Waals surface area contributed by atoms with Crippen LogP contribution >= 0.6 is 0 Å². The number of likely N-dealkylation sites (tertiary alicyclic amines) is 1. The molecular formula is C20H31N3O3. The van der Waals surface area contributed by atoms with Crippen molar-refractivity contribution in [2.45, 2.75) is 27.2 Å². The van der Waals surface area contributed by atoms with Gasteiger partial charge in [0.15, 0.2) is 5.96 Å². The molecule has 0 aromatic heterocycles. The van der Waals surface area contributed by atoms with Gasteiger partial charge in [-0.2, -0.15) is 0 Å². The highest BCUT2D eigenvalue weighted by molar-refractivity contribution is 5.82. The average Bonchev–Trinajstić information content (AvgIpc) is 3.03. The number of hydrogen-bond donors (Lipinski definition) is 1. The van der Waals surface area contributed by atoms with E-state index in [1.54, 1.807) is 0 Å². The molecule has 144 valence electrons. The second-order valence-corrected chi connectivity index (χ2v) is 6.54. The van der Waals surface area contributed by atoms with Crippen LogP contribution in [0.15, 0.2) is 29.3 Å². The zero-order valence-corrected chi connectivity index (χ0v) is 16.3. The van der Waals surface area contributed by atoms with Gasteiger partial charge in [0.05, 0.1) is 19.6 Å². The first kappa shape index (κ1) is 20.1. The van der Waals surface area contributed by atoms with Crippen LogP contribution in [0.2, 0.25) is 0 Å². The van der Waals surface area contributed by atoms with Gasteiger partial charge >= 0.3 is 5.97 Å². The third-order valence-electron chi connectivity index (χ3n) is 4.67. The van der Waals surface area contributed by atoms with E-state index in [2.05, 4.69) is 30.1 Å².